The fourth-order valence-electron chi connectivity index (χ4n) is 1.67. The highest BCUT2D eigenvalue weighted by Gasteiger charge is 2.30. The lowest BCUT2D eigenvalue weighted by Crippen LogP contribution is -2.52. The number of aliphatic carboxylic acids is 1. The summed E-state index contributed by atoms with van der Waals surface area (Å²) in [5, 5.41) is 8.84. The Hall–Kier alpha value is -1.56. The van der Waals surface area contributed by atoms with Crippen LogP contribution < -0.4 is 0 Å². The molecule has 1 N–H and O–H groups in total. The molecule has 1 heterocycles. The predicted molar refractivity (Wildman–Crippen MR) is 61.8 cm³/mol. The molecule has 0 spiro atoms. The first-order valence-corrected chi connectivity index (χ1v) is 5.59. The average molecular weight is 242 g/mol. The minimum atomic E-state index is -1.03. The van der Waals surface area contributed by atoms with E-state index in [4.69, 9.17) is 9.84 Å². The highest BCUT2D eigenvalue weighted by Crippen LogP contribution is 2.08. The third kappa shape index (κ3) is 3.45. The molecule has 2 amide bonds. The Morgan fingerprint density at radius 1 is 1.65 bits per heavy atom. The van der Waals surface area contributed by atoms with Crippen molar-refractivity contribution in [3.63, 3.8) is 0 Å². The third-order valence-electron chi connectivity index (χ3n) is 2.61. The fourth-order valence-corrected chi connectivity index (χ4v) is 1.67. The number of carbonyl (C=O) groups is 2. The normalized spacial score (nSPS) is 19.8. The molecule has 6 heteroatoms. The first-order valence-electron chi connectivity index (χ1n) is 5.59. The molecule has 6 nitrogen and oxygen atoms in total. The Bertz CT molecular complexity index is 306. The van der Waals surface area contributed by atoms with Gasteiger partial charge in [0.2, 0.25) is 0 Å². The third-order valence-corrected chi connectivity index (χ3v) is 2.61. The SMILES string of the molecule is C=CCN(CC)C(=O)N1CCOC(C(=O)O)C1. The molecule has 1 rings (SSSR count). The molecule has 0 aromatic rings. The van der Waals surface area contributed by atoms with Gasteiger partial charge in [-0.1, -0.05) is 6.08 Å². The number of carboxylic acids is 1. The van der Waals surface area contributed by atoms with Crippen LogP contribution in [0.5, 0.6) is 0 Å². The van der Waals surface area contributed by atoms with E-state index in [0.717, 1.165) is 0 Å². The topological polar surface area (TPSA) is 70.1 Å². The Labute approximate surface area is 100 Å². The van der Waals surface area contributed by atoms with Gasteiger partial charge in [0.15, 0.2) is 6.10 Å². The highest BCUT2D eigenvalue weighted by molar-refractivity contribution is 5.77. The van der Waals surface area contributed by atoms with Crippen LogP contribution in [0.2, 0.25) is 0 Å². The second-order valence-electron chi connectivity index (χ2n) is 3.75. The van der Waals surface area contributed by atoms with Crippen molar-refractivity contribution in [3.05, 3.63) is 12.7 Å². The number of rotatable bonds is 4. The zero-order valence-electron chi connectivity index (χ0n) is 9.96. The molecule has 1 atom stereocenters. The first kappa shape index (κ1) is 13.5. The van der Waals surface area contributed by atoms with E-state index in [1.807, 2.05) is 6.92 Å². The van der Waals surface area contributed by atoms with E-state index < -0.39 is 12.1 Å². The summed E-state index contributed by atoms with van der Waals surface area (Å²) in [7, 11) is 0. The number of hydrogen-bond donors (Lipinski definition) is 1. The number of urea groups is 1. The zero-order chi connectivity index (χ0) is 12.8. The summed E-state index contributed by atoms with van der Waals surface area (Å²) in [6.07, 6.45) is 0.728. The van der Waals surface area contributed by atoms with Crippen LogP contribution in [0.3, 0.4) is 0 Å². The quantitative estimate of drug-likeness (QED) is 0.724. The maximum atomic E-state index is 12.0. The molecule has 0 saturated carbocycles. The monoisotopic (exact) mass is 242 g/mol. The maximum Gasteiger partial charge on any atom is 0.334 e. The van der Waals surface area contributed by atoms with Crippen molar-refractivity contribution in [2.24, 2.45) is 0 Å². The number of morpholine rings is 1. The predicted octanol–water partition coefficient (Wildman–Crippen LogP) is 0.400. The van der Waals surface area contributed by atoms with Crippen molar-refractivity contribution in [2.45, 2.75) is 13.0 Å². The second kappa shape index (κ2) is 6.24. The molecule has 96 valence electrons. The lowest BCUT2D eigenvalue weighted by molar-refractivity contribution is -0.154. The Balaban J connectivity index is 2.61. The molecular weight excluding hydrogens is 224 g/mol. The van der Waals surface area contributed by atoms with Gasteiger partial charge in [-0.2, -0.15) is 0 Å². The van der Waals surface area contributed by atoms with Gasteiger partial charge in [-0.15, -0.1) is 6.58 Å². The standard InChI is InChI=1S/C11H18N2O4/c1-3-5-12(4-2)11(16)13-6-7-17-9(8-13)10(14)15/h3,9H,1,4-8H2,2H3,(H,14,15). The van der Waals surface area contributed by atoms with Gasteiger partial charge in [-0.3, -0.25) is 0 Å². The van der Waals surface area contributed by atoms with Crippen LogP contribution in [0.15, 0.2) is 12.7 Å². The van der Waals surface area contributed by atoms with Gasteiger partial charge in [0.05, 0.1) is 13.2 Å². The first-order chi connectivity index (χ1) is 8.10. The molecular formula is C11H18N2O4. The van der Waals surface area contributed by atoms with Gasteiger partial charge in [-0.05, 0) is 6.92 Å². The van der Waals surface area contributed by atoms with Gasteiger partial charge in [-0.25, -0.2) is 9.59 Å². The van der Waals surface area contributed by atoms with Crippen LogP contribution >= 0.6 is 0 Å². The molecule has 1 aliphatic rings. The number of carboxylic acid groups (broad SMARTS) is 1. The molecule has 0 bridgehead atoms. The summed E-state index contributed by atoms with van der Waals surface area (Å²) in [6.45, 7) is 7.28. The summed E-state index contributed by atoms with van der Waals surface area (Å²) >= 11 is 0. The van der Waals surface area contributed by atoms with Gasteiger partial charge in [0.1, 0.15) is 0 Å². The van der Waals surface area contributed by atoms with Crippen molar-refractivity contribution in [2.75, 3.05) is 32.8 Å². The summed E-state index contributed by atoms with van der Waals surface area (Å²) in [6, 6.07) is -0.165. The molecule has 1 saturated heterocycles. The smallest absolute Gasteiger partial charge is 0.334 e. The van der Waals surface area contributed by atoms with E-state index in [1.54, 1.807) is 11.0 Å². The molecule has 1 aliphatic heterocycles. The summed E-state index contributed by atoms with van der Waals surface area (Å²) in [5.41, 5.74) is 0. The van der Waals surface area contributed by atoms with Crippen molar-refractivity contribution in [1.82, 2.24) is 9.80 Å². The summed E-state index contributed by atoms with van der Waals surface area (Å²) in [5.74, 6) is -1.03. The molecule has 1 unspecified atom stereocenters. The minimum absolute atomic E-state index is 0.0990. The number of carbonyl (C=O) groups excluding carboxylic acids is 1. The number of amides is 2. The van der Waals surface area contributed by atoms with E-state index in [9.17, 15) is 9.59 Å². The number of hydrogen-bond acceptors (Lipinski definition) is 3. The number of likely N-dealkylation sites (N-methyl/N-ethyl adjacent to an activating group) is 1. The summed E-state index contributed by atoms with van der Waals surface area (Å²) < 4.78 is 5.06. The summed E-state index contributed by atoms with van der Waals surface area (Å²) in [4.78, 5) is 26.0. The van der Waals surface area contributed by atoms with E-state index in [1.165, 1.54) is 4.90 Å². The van der Waals surface area contributed by atoms with Crippen LogP contribution in [0, 0.1) is 0 Å². The molecule has 0 aromatic carbocycles. The van der Waals surface area contributed by atoms with Crippen LogP contribution in [-0.2, 0) is 9.53 Å². The van der Waals surface area contributed by atoms with Crippen LogP contribution in [-0.4, -0.2) is 65.8 Å². The largest absolute Gasteiger partial charge is 0.479 e. The van der Waals surface area contributed by atoms with Gasteiger partial charge >= 0.3 is 12.0 Å². The Kier molecular flexibility index (Phi) is 4.96. The van der Waals surface area contributed by atoms with E-state index in [0.29, 0.717) is 19.6 Å². The average Bonchev–Trinajstić information content (AvgIpc) is 2.35. The highest BCUT2D eigenvalue weighted by atomic mass is 16.5. The van der Waals surface area contributed by atoms with Gasteiger partial charge < -0.3 is 19.6 Å². The Morgan fingerprint density at radius 3 is 2.88 bits per heavy atom. The number of ether oxygens (including phenoxy) is 1. The van der Waals surface area contributed by atoms with Crippen LogP contribution in [0.4, 0.5) is 4.79 Å². The minimum Gasteiger partial charge on any atom is -0.479 e. The van der Waals surface area contributed by atoms with Gasteiger partial charge in [0.25, 0.3) is 0 Å². The van der Waals surface area contributed by atoms with Crippen molar-refractivity contribution in [1.29, 1.82) is 0 Å². The Morgan fingerprint density at radius 2 is 2.35 bits per heavy atom. The lowest BCUT2D eigenvalue weighted by atomic mass is 10.3. The van der Waals surface area contributed by atoms with Crippen molar-refractivity contribution in [3.8, 4) is 0 Å². The van der Waals surface area contributed by atoms with Crippen LogP contribution in [0.25, 0.3) is 0 Å². The van der Waals surface area contributed by atoms with Crippen molar-refractivity contribution >= 4 is 12.0 Å². The number of nitrogens with zero attached hydrogens (tertiary/aromatic N) is 2. The maximum absolute atomic E-state index is 12.0. The van der Waals surface area contributed by atoms with E-state index >= 15 is 0 Å². The fraction of sp³-hybridized carbons (Fsp3) is 0.636. The van der Waals surface area contributed by atoms with Gasteiger partial charge in [0, 0.05) is 19.6 Å². The molecule has 0 aromatic heterocycles. The zero-order valence-corrected chi connectivity index (χ0v) is 9.96. The lowest BCUT2D eigenvalue weighted by Gasteiger charge is -2.34. The van der Waals surface area contributed by atoms with Crippen molar-refractivity contribution < 1.29 is 19.4 Å². The van der Waals surface area contributed by atoms with Crippen LogP contribution in [0.1, 0.15) is 6.92 Å². The molecule has 1 fully saturated rings. The molecule has 17 heavy (non-hydrogen) atoms. The molecule has 0 aliphatic carbocycles. The molecule has 0 radical (unpaired) electrons. The van der Waals surface area contributed by atoms with E-state index in [2.05, 4.69) is 6.58 Å². The van der Waals surface area contributed by atoms with E-state index in [-0.39, 0.29) is 19.2 Å². The second-order valence-corrected chi connectivity index (χ2v) is 3.75.